The molecule has 0 saturated carbocycles. The van der Waals surface area contributed by atoms with E-state index in [0.29, 0.717) is 31.5 Å². The highest BCUT2D eigenvalue weighted by Crippen LogP contribution is 2.22. The minimum atomic E-state index is -0.232. The van der Waals surface area contributed by atoms with Gasteiger partial charge in [0.15, 0.2) is 5.78 Å². The average Bonchev–Trinajstić information content (AvgIpc) is 3.21. The molecule has 0 aliphatic carbocycles. The third kappa shape index (κ3) is 4.38. The molecule has 0 radical (unpaired) electrons. The summed E-state index contributed by atoms with van der Waals surface area (Å²) in [7, 11) is 0. The Morgan fingerprint density at radius 3 is 2.38 bits per heavy atom. The molecule has 0 atom stereocenters. The fraction of sp³-hybridized carbons (Fsp3) is 0.350. The Morgan fingerprint density at radius 2 is 1.77 bits per heavy atom. The number of hydrogen-bond donors (Lipinski definition) is 1. The second-order valence-corrected chi connectivity index (χ2v) is 7.36. The number of carbonyl (C=O) groups is 3. The van der Waals surface area contributed by atoms with Crippen LogP contribution in [0.1, 0.15) is 39.1 Å². The molecule has 1 N–H and O–H groups in total. The maximum absolute atomic E-state index is 12.6. The summed E-state index contributed by atoms with van der Waals surface area (Å²) in [6.45, 7) is 3.09. The highest BCUT2D eigenvalue weighted by Gasteiger charge is 2.28. The van der Waals surface area contributed by atoms with Crippen molar-refractivity contribution in [1.29, 1.82) is 0 Å². The number of nitrogens with zero attached hydrogens (tertiary/aromatic N) is 1. The molecular formula is C20H22N2O3S. The molecule has 1 aliphatic heterocycles. The molecule has 136 valence electrons. The van der Waals surface area contributed by atoms with Crippen molar-refractivity contribution in [2.75, 3.05) is 19.6 Å². The molecule has 0 unspecified atom stereocenters. The highest BCUT2D eigenvalue weighted by molar-refractivity contribution is 7.08. The number of piperidine rings is 1. The molecule has 6 heteroatoms. The SMILES string of the molecule is Cc1ccc(C(=O)C2CCN(C(=O)CNC(=O)c3ccsc3)CC2)cc1. The van der Waals surface area contributed by atoms with Gasteiger partial charge in [-0.2, -0.15) is 11.3 Å². The largest absolute Gasteiger partial charge is 0.343 e. The number of likely N-dealkylation sites (tertiary alicyclic amines) is 1. The van der Waals surface area contributed by atoms with Gasteiger partial charge in [-0.15, -0.1) is 0 Å². The normalized spacial score (nSPS) is 14.9. The van der Waals surface area contributed by atoms with Crippen LogP contribution in [0.4, 0.5) is 0 Å². The standard InChI is InChI=1S/C20H22N2O3S/c1-14-2-4-15(5-3-14)19(24)16-6-9-22(10-7-16)18(23)12-21-20(25)17-8-11-26-13-17/h2-5,8,11,13,16H,6-7,9-10,12H2,1H3,(H,21,25). The van der Waals surface area contributed by atoms with Gasteiger partial charge in [-0.3, -0.25) is 14.4 Å². The van der Waals surface area contributed by atoms with Gasteiger partial charge in [-0.05, 0) is 31.2 Å². The summed E-state index contributed by atoms with van der Waals surface area (Å²) in [5, 5.41) is 6.23. The van der Waals surface area contributed by atoms with Crippen LogP contribution in [0.25, 0.3) is 0 Å². The molecule has 1 aliphatic rings. The van der Waals surface area contributed by atoms with Crippen LogP contribution in [0, 0.1) is 12.8 Å². The van der Waals surface area contributed by atoms with Gasteiger partial charge in [-0.1, -0.05) is 29.8 Å². The van der Waals surface area contributed by atoms with Gasteiger partial charge >= 0.3 is 0 Å². The molecular weight excluding hydrogens is 348 g/mol. The summed E-state index contributed by atoms with van der Waals surface area (Å²) in [5.74, 6) is -0.219. The number of Topliss-reactive ketones (excluding diaryl/α,β-unsaturated/α-hetero) is 1. The Kier molecular flexibility index (Phi) is 5.83. The number of carbonyl (C=O) groups excluding carboxylic acids is 3. The minimum Gasteiger partial charge on any atom is -0.343 e. The van der Waals surface area contributed by atoms with Crippen LogP contribution in [-0.2, 0) is 4.79 Å². The molecule has 3 rings (SSSR count). The van der Waals surface area contributed by atoms with E-state index in [2.05, 4.69) is 5.32 Å². The molecule has 2 amide bonds. The van der Waals surface area contributed by atoms with Crippen LogP contribution in [0.3, 0.4) is 0 Å². The van der Waals surface area contributed by atoms with Crippen molar-refractivity contribution in [1.82, 2.24) is 10.2 Å². The lowest BCUT2D eigenvalue weighted by Gasteiger charge is -2.31. The van der Waals surface area contributed by atoms with Gasteiger partial charge < -0.3 is 10.2 Å². The predicted octanol–water partition coefficient (Wildman–Crippen LogP) is 2.91. The van der Waals surface area contributed by atoms with Gasteiger partial charge in [0.1, 0.15) is 0 Å². The first kappa shape index (κ1) is 18.3. The number of thiophene rings is 1. The Morgan fingerprint density at radius 1 is 1.08 bits per heavy atom. The van der Waals surface area contributed by atoms with Crippen molar-refractivity contribution in [3.63, 3.8) is 0 Å². The third-order valence-electron chi connectivity index (χ3n) is 4.74. The van der Waals surface area contributed by atoms with E-state index >= 15 is 0 Å². The van der Waals surface area contributed by atoms with E-state index in [4.69, 9.17) is 0 Å². The molecule has 1 aromatic heterocycles. The maximum atomic E-state index is 12.6. The zero-order valence-corrected chi connectivity index (χ0v) is 15.6. The van der Waals surface area contributed by atoms with Gasteiger partial charge in [0.25, 0.3) is 5.91 Å². The number of rotatable bonds is 5. The lowest BCUT2D eigenvalue weighted by Crippen LogP contribution is -2.45. The Hall–Kier alpha value is -2.47. The van der Waals surface area contributed by atoms with Gasteiger partial charge in [-0.25, -0.2) is 0 Å². The Labute approximate surface area is 157 Å². The summed E-state index contributed by atoms with van der Waals surface area (Å²) in [6, 6.07) is 9.36. The number of nitrogens with one attached hydrogen (secondary N) is 1. The van der Waals surface area contributed by atoms with E-state index in [1.165, 1.54) is 11.3 Å². The lowest BCUT2D eigenvalue weighted by atomic mass is 9.88. The molecule has 2 aromatic rings. The van der Waals surface area contributed by atoms with Crippen LogP contribution >= 0.6 is 11.3 Å². The van der Waals surface area contributed by atoms with Crippen LogP contribution in [0.5, 0.6) is 0 Å². The lowest BCUT2D eigenvalue weighted by molar-refractivity contribution is -0.131. The van der Waals surface area contributed by atoms with E-state index in [9.17, 15) is 14.4 Å². The maximum Gasteiger partial charge on any atom is 0.252 e. The van der Waals surface area contributed by atoms with E-state index < -0.39 is 0 Å². The minimum absolute atomic E-state index is 0.00868. The number of amides is 2. The van der Waals surface area contributed by atoms with Crippen LogP contribution < -0.4 is 5.32 Å². The topological polar surface area (TPSA) is 66.5 Å². The molecule has 0 bridgehead atoms. The van der Waals surface area contributed by atoms with Crippen molar-refractivity contribution < 1.29 is 14.4 Å². The van der Waals surface area contributed by atoms with E-state index in [1.807, 2.05) is 36.6 Å². The molecule has 5 nitrogen and oxygen atoms in total. The fourth-order valence-corrected chi connectivity index (χ4v) is 3.74. The fourth-order valence-electron chi connectivity index (χ4n) is 3.11. The zero-order chi connectivity index (χ0) is 18.5. The van der Waals surface area contributed by atoms with Crippen molar-refractivity contribution in [3.05, 3.63) is 57.8 Å². The van der Waals surface area contributed by atoms with Crippen molar-refractivity contribution >= 4 is 28.9 Å². The molecule has 1 saturated heterocycles. The van der Waals surface area contributed by atoms with Gasteiger partial charge in [0.05, 0.1) is 6.54 Å². The summed E-state index contributed by atoms with van der Waals surface area (Å²) in [4.78, 5) is 38.5. The predicted molar refractivity (Wildman–Crippen MR) is 101 cm³/mol. The molecule has 2 heterocycles. The summed E-state index contributed by atoms with van der Waals surface area (Å²) < 4.78 is 0. The molecule has 1 fully saturated rings. The summed E-state index contributed by atoms with van der Waals surface area (Å²) in [5.41, 5.74) is 2.44. The second-order valence-electron chi connectivity index (χ2n) is 6.58. The highest BCUT2D eigenvalue weighted by atomic mass is 32.1. The number of ketones is 1. The van der Waals surface area contributed by atoms with Crippen LogP contribution in [0.15, 0.2) is 41.1 Å². The molecule has 26 heavy (non-hydrogen) atoms. The third-order valence-corrected chi connectivity index (χ3v) is 5.42. The van der Waals surface area contributed by atoms with E-state index in [0.717, 1.165) is 11.1 Å². The smallest absolute Gasteiger partial charge is 0.252 e. The summed E-state index contributed by atoms with van der Waals surface area (Å²) in [6.07, 6.45) is 1.33. The monoisotopic (exact) mass is 370 g/mol. The zero-order valence-electron chi connectivity index (χ0n) is 14.7. The number of hydrogen-bond acceptors (Lipinski definition) is 4. The Bertz CT molecular complexity index is 776. The first-order valence-electron chi connectivity index (χ1n) is 8.73. The first-order valence-corrected chi connectivity index (χ1v) is 9.68. The van der Waals surface area contributed by atoms with E-state index in [-0.39, 0.29) is 30.1 Å². The number of benzene rings is 1. The van der Waals surface area contributed by atoms with Gasteiger partial charge in [0, 0.05) is 35.5 Å². The van der Waals surface area contributed by atoms with Crippen LogP contribution in [0.2, 0.25) is 0 Å². The Balaban J connectivity index is 1.47. The number of aryl methyl sites for hydroxylation is 1. The van der Waals surface area contributed by atoms with Crippen LogP contribution in [-0.4, -0.2) is 42.1 Å². The first-order chi connectivity index (χ1) is 12.5. The van der Waals surface area contributed by atoms with Crippen molar-refractivity contribution in [2.45, 2.75) is 19.8 Å². The molecule has 1 aromatic carbocycles. The molecule has 0 spiro atoms. The quantitative estimate of drug-likeness (QED) is 0.823. The average molecular weight is 370 g/mol. The van der Waals surface area contributed by atoms with Gasteiger partial charge in [0.2, 0.25) is 5.91 Å². The van der Waals surface area contributed by atoms with Crippen molar-refractivity contribution in [3.8, 4) is 0 Å². The summed E-state index contributed by atoms with van der Waals surface area (Å²) >= 11 is 1.44. The van der Waals surface area contributed by atoms with Crippen molar-refractivity contribution in [2.24, 2.45) is 5.92 Å². The van der Waals surface area contributed by atoms with E-state index in [1.54, 1.807) is 16.3 Å². The second kappa shape index (κ2) is 8.27.